The van der Waals surface area contributed by atoms with Crippen LogP contribution in [0.15, 0.2) is 0 Å². The molecule has 0 rings (SSSR count). The molecule has 0 heterocycles. The van der Waals surface area contributed by atoms with Crippen molar-refractivity contribution in [3.05, 3.63) is 0 Å². The van der Waals surface area contributed by atoms with Crippen molar-refractivity contribution < 1.29 is 18.7 Å². The van der Waals surface area contributed by atoms with Crippen LogP contribution in [-0.4, -0.2) is 24.7 Å². The van der Waals surface area contributed by atoms with Gasteiger partial charge < -0.3 is 9.63 Å². The average molecular weight is 168 g/mol. The molecule has 10 heavy (non-hydrogen) atoms. The SMILES string of the molecule is COP(C)(=O)OC(C)(C)O. The largest absolute Gasteiger partial charge is 0.365 e. The van der Waals surface area contributed by atoms with E-state index in [4.69, 9.17) is 5.11 Å². The minimum atomic E-state index is -3.04. The molecule has 0 aliphatic heterocycles. The topological polar surface area (TPSA) is 55.8 Å². The number of hydrogen-bond acceptors (Lipinski definition) is 4. The molecule has 0 bridgehead atoms. The zero-order valence-electron chi connectivity index (χ0n) is 6.62. The Labute approximate surface area is 60.7 Å². The summed E-state index contributed by atoms with van der Waals surface area (Å²) in [7, 11) is -1.77. The van der Waals surface area contributed by atoms with Gasteiger partial charge in [0.25, 0.3) is 0 Å². The Kier molecular flexibility index (Phi) is 3.04. The summed E-state index contributed by atoms with van der Waals surface area (Å²) in [5.74, 6) is -1.40. The minimum Gasteiger partial charge on any atom is -0.365 e. The molecule has 0 aromatic heterocycles. The first-order valence-corrected chi connectivity index (χ1v) is 4.82. The summed E-state index contributed by atoms with van der Waals surface area (Å²) in [5, 5.41) is 9.01. The maximum Gasteiger partial charge on any atom is 0.329 e. The monoisotopic (exact) mass is 168 g/mol. The fourth-order valence-electron chi connectivity index (χ4n) is 0.443. The van der Waals surface area contributed by atoms with Gasteiger partial charge in [-0.3, -0.25) is 9.09 Å². The average Bonchev–Trinajstić information content (AvgIpc) is 1.60. The van der Waals surface area contributed by atoms with Crippen molar-refractivity contribution in [3.8, 4) is 0 Å². The third-order valence-electron chi connectivity index (χ3n) is 0.721. The molecule has 0 fully saturated rings. The van der Waals surface area contributed by atoms with Crippen LogP contribution in [0.4, 0.5) is 0 Å². The third-order valence-corrected chi connectivity index (χ3v) is 2.16. The fourth-order valence-corrected chi connectivity index (χ4v) is 1.33. The molecule has 0 amide bonds. The lowest BCUT2D eigenvalue weighted by Gasteiger charge is -2.21. The molecule has 0 aliphatic rings. The second-order valence-corrected chi connectivity index (χ2v) is 4.58. The van der Waals surface area contributed by atoms with Gasteiger partial charge in [0.1, 0.15) is 0 Å². The van der Waals surface area contributed by atoms with Gasteiger partial charge in [-0.25, -0.2) is 0 Å². The van der Waals surface area contributed by atoms with Crippen molar-refractivity contribution in [2.75, 3.05) is 13.8 Å². The summed E-state index contributed by atoms with van der Waals surface area (Å²) in [6.45, 7) is 4.08. The summed E-state index contributed by atoms with van der Waals surface area (Å²) in [5.41, 5.74) is 0. The van der Waals surface area contributed by atoms with Gasteiger partial charge in [-0.05, 0) is 13.8 Å². The van der Waals surface area contributed by atoms with Crippen molar-refractivity contribution in [2.45, 2.75) is 19.6 Å². The van der Waals surface area contributed by atoms with Gasteiger partial charge in [-0.1, -0.05) is 0 Å². The first-order chi connectivity index (χ1) is 4.27. The third kappa shape index (κ3) is 4.94. The highest BCUT2D eigenvalue weighted by molar-refractivity contribution is 7.52. The van der Waals surface area contributed by atoms with Crippen LogP contribution in [0.5, 0.6) is 0 Å². The van der Waals surface area contributed by atoms with Crippen LogP contribution in [0.25, 0.3) is 0 Å². The fraction of sp³-hybridized carbons (Fsp3) is 1.00. The van der Waals surface area contributed by atoms with Crippen molar-refractivity contribution in [1.29, 1.82) is 0 Å². The molecular formula is C5H13O4P. The first-order valence-electron chi connectivity index (χ1n) is 2.83. The van der Waals surface area contributed by atoms with Crippen molar-refractivity contribution in [2.24, 2.45) is 0 Å². The molecule has 0 aromatic carbocycles. The Morgan fingerprint density at radius 1 is 1.50 bits per heavy atom. The van der Waals surface area contributed by atoms with Gasteiger partial charge >= 0.3 is 7.60 Å². The van der Waals surface area contributed by atoms with E-state index in [0.29, 0.717) is 0 Å². The molecule has 62 valence electrons. The molecule has 0 aromatic rings. The van der Waals surface area contributed by atoms with Crippen LogP contribution in [0.1, 0.15) is 13.8 Å². The van der Waals surface area contributed by atoms with E-state index in [2.05, 4.69) is 9.05 Å². The molecule has 0 aliphatic carbocycles. The Hall–Kier alpha value is 0.110. The number of aliphatic hydroxyl groups is 1. The van der Waals surface area contributed by atoms with Gasteiger partial charge in [-0.2, -0.15) is 0 Å². The van der Waals surface area contributed by atoms with Gasteiger partial charge in [0.15, 0.2) is 5.79 Å². The molecule has 1 unspecified atom stereocenters. The second kappa shape index (κ2) is 3.01. The lowest BCUT2D eigenvalue weighted by molar-refractivity contribution is -0.110. The van der Waals surface area contributed by atoms with E-state index in [1.54, 1.807) is 0 Å². The summed E-state index contributed by atoms with van der Waals surface area (Å²) >= 11 is 0. The summed E-state index contributed by atoms with van der Waals surface area (Å²) < 4.78 is 20.1. The van der Waals surface area contributed by atoms with Crippen molar-refractivity contribution in [1.82, 2.24) is 0 Å². The van der Waals surface area contributed by atoms with Crippen LogP contribution in [0.3, 0.4) is 0 Å². The highest BCUT2D eigenvalue weighted by atomic mass is 31.2. The van der Waals surface area contributed by atoms with E-state index in [1.165, 1.54) is 27.6 Å². The Morgan fingerprint density at radius 2 is 1.90 bits per heavy atom. The van der Waals surface area contributed by atoms with Gasteiger partial charge in [0.05, 0.1) is 0 Å². The maximum absolute atomic E-state index is 11.0. The first kappa shape index (κ1) is 10.1. The molecule has 0 spiro atoms. The van der Waals surface area contributed by atoms with Gasteiger partial charge in [-0.15, -0.1) is 0 Å². The molecule has 0 radical (unpaired) electrons. The quantitative estimate of drug-likeness (QED) is 0.508. The Bertz CT molecular complexity index is 148. The Balaban J connectivity index is 4.03. The van der Waals surface area contributed by atoms with Crippen LogP contribution >= 0.6 is 7.60 Å². The second-order valence-electron chi connectivity index (χ2n) is 2.49. The smallest absolute Gasteiger partial charge is 0.329 e. The van der Waals surface area contributed by atoms with Crippen LogP contribution in [0.2, 0.25) is 0 Å². The van der Waals surface area contributed by atoms with E-state index < -0.39 is 13.4 Å². The normalized spacial score (nSPS) is 18.5. The number of rotatable bonds is 3. The highest BCUT2D eigenvalue weighted by Crippen LogP contribution is 2.45. The number of hydrogen-bond donors (Lipinski definition) is 1. The van der Waals surface area contributed by atoms with E-state index in [0.717, 1.165) is 0 Å². The van der Waals surface area contributed by atoms with E-state index in [9.17, 15) is 4.57 Å². The van der Waals surface area contributed by atoms with Crippen LogP contribution in [-0.2, 0) is 13.6 Å². The molecule has 1 N–H and O–H groups in total. The molecule has 1 atom stereocenters. The van der Waals surface area contributed by atoms with Crippen molar-refractivity contribution in [3.63, 3.8) is 0 Å². The standard InChI is InChI=1S/C5H13O4P/c1-5(2,6)9-10(4,7)8-3/h6H,1-4H3. The Morgan fingerprint density at radius 3 is 2.00 bits per heavy atom. The van der Waals surface area contributed by atoms with Crippen LogP contribution < -0.4 is 0 Å². The van der Waals surface area contributed by atoms with E-state index >= 15 is 0 Å². The molecule has 5 heteroatoms. The predicted octanol–water partition coefficient (Wildman–Crippen LogP) is 1.20. The zero-order chi connectivity index (χ0) is 8.41. The summed E-state index contributed by atoms with van der Waals surface area (Å²) in [4.78, 5) is 0. The lowest BCUT2D eigenvalue weighted by atomic mass is 10.4. The molecule has 0 saturated carbocycles. The van der Waals surface area contributed by atoms with E-state index in [-0.39, 0.29) is 0 Å². The van der Waals surface area contributed by atoms with E-state index in [1.807, 2.05) is 0 Å². The van der Waals surface area contributed by atoms with Gasteiger partial charge in [0, 0.05) is 13.8 Å². The zero-order valence-corrected chi connectivity index (χ0v) is 7.51. The summed E-state index contributed by atoms with van der Waals surface area (Å²) in [6, 6.07) is 0. The molecule has 0 saturated heterocycles. The van der Waals surface area contributed by atoms with Crippen LogP contribution in [0, 0.1) is 0 Å². The van der Waals surface area contributed by atoms with Gasteiger partial charge in [0.2, 0.25) is 0 Å². The molecular weight excluding hydrogens is 155 g/mol. The minimum absolute atomic E-state index is 1.27. The lowest BCUT2D eigenvalue weighted by Crippen LogP contribution is -2.21. The molecule has 4 nitrogen and oxygen atoms in total. The summed E-state index contributed by atoms with van der Waals surface area (Å²) in [6.07, 6.45) is 0. The highest BCUT2D eigenvalue weighted by Gasteiger charge is 2.25. The van der Waals surface area contributed by atoms with Crippen molar-refractivity contribution >= 4 is 7.60 Å². The predicted molar refractivity (Wildman–Crippen MR) is 37.9 cm³/mol. The maximum atomic E-state index is 11.0.